The number of aromatic nitrogens is 1. The zero-order chi connectivity index (χ0) is 14.8. The minimum absolute atomic E-state index is 0.0127. The number of hydrogen-bond acceptors (Lipinski definition) is 4. The van der Waals surface area contributed by atoms with Gasteiger partial charge in [0, 0.05) is 5.54 Å². The van der Waals surface area contributed by atoms with Crippen LogP contribution in [0.15, 0.2) is 17.5 Å². The van der Waals surface area contributed by atoms with Gasteiger partial charge >= 0.3 is 0 Å². The minimum Gasteiger partial charge on any atom is -0.346 e. The molecule has 5 heteroatoms. The molecule has 0 bridgehead atoms. The van der Waals surface area contributed by atoms with Gasteiger partial charge in [-0.1, -0.05) is 19.4 Å². The van der Waals surface area contributed by atoms with Crippen LogP contribution >= 0.6 is 22.7 Å². The summed E-state index contributed by atoms with van der Waals surface area (Å²) >= 11 is 3.12. The molecule has 0 aliphatic heterocycles. The highest BCUT2D eigenvalue weighted by Gasteiger charge is 2.23. The van der Waals surface area contributed by atoms with Crippen LogP contribution in [0.4, 0.5) is 0 Å². The highest BCUT2D eigenvalue weighted by atomic mass is 32.1. The highest BCUT2D eigenvalue weighted by molar-refractivity contribution is 7.22. The fraction of sp³-hybridized carbons (Fsp3) is 0.467. The molecule has 2 rings (SSSR count). The van der Waals surface area contributed by atoms with E-state index in [1.54, 1.807) is 11.3 Å². The summed E-state index contributed by atoms with van der Waals surface area (Å²) in [5.74, 6) is -0.0127. The second kappa shape index (κ2) is 6.06. The standard InChI is InChI=1S/C15H20N2OS2/c1-5-8-15(3,4)17-13(18)12-10(2)16-14(20-12)11-7-6-9-19-11/h6-7,9H,5,8H2,1-4H3,(H,17,18). The molecule has 0 spiro atoms. The van der Waals surface area contributed by atoms with Crippen molar-refractivity contribution in [1.82, 2.24) is 10.3 Å². The molecule has 2 aromatic heterocycles. The van der Waals surface area contributed by atoms with E-state index in [2.05, 4.69) is 31.1 Å². The lowest BCUT2D eigenvalue weighted by Crippen LogP contribution is -2.43. The normalized spacial score (nSPS) is 11.6. The lowest BCUT2D eigenvalue weighted by atomic mass is 9.99. The third-order valence-corrected chi connectivity index (χ3v) is 5.26. The third-order valence-electron chi connectivity index (χ3n) is 3.06. The van der Waals surface area contributed by atoms with E-state index >= 15 is 0 Å². The van der Waals surface area contributed by atoms with E-state index in [-0.39, 0.29) is 11.4 Å². The number of rotatable bonds is 5. The Morgan fingerprint density at radius 1 is 1.45 bits per heavy atom. The Labute approximate surface area is 128 Å². The average Bonchev–Trinajstić information content (AvgIpc) is 2.96. The molecule has 0 aromatic carbocycles. The van der Waals surface area contributed by atoms with E-state index in [9.17, 15) is 4.79 Å². The van der Waals surface area contributed by atoms with Crippen molar-refractivity contribution >= 4 is 28.6 Å². The van der Waals surface area contributed by atoms with Gasteiger partial charge in [0.25, 0.3) is 5.91 Å². The van der Waals surface area contributed by atoms with Crippen molar-refractivity contribution < 1.29 is 4.79 Å². The first-order chi connectivity index (χ1) is 9.43. The van der Waals surface area contributed by atoms with E-state index in [1.807, 2.05) is 24.4 Å². The fourth-order valence-electron chi connectivity index (χ4n) is 2.16. The number of nitrogens with zero attached hydrogens (tertiary/aromatic N) is 1. The van der Waals surface area contributed by atoms with Gasteiger partial charge in [-0.15, -0.1) is 22.7 Å². The average molecular weight is 308 g/mol. The van der Waals surface area contributed by atoms with Crippen molar-refractivity contribution in [3.8, 4) is 9.88 Å². The lowest BCUT2D eigenvalue weighted by Gasteiger charge is -2.25. The van der Waals surface area contributed by atoms with Crippen LogP contribution < -0.4 is 5.32 Å². The van der Waals surface area contributed by atoms with Crippen molar-refractivity contribution in [2.45, 2.75) is 46.1 Å². The molecule has 0 aliphatic rings. The van der Waals surface area contributed by atoms with Crippen LogP contribution in [0, 0.1) is 6.92 Å². The van der Waals surface area contributed by atoms with Gasteiger partial charge in [-0.3, -0.25) is 4.79 Å². The monoisotopic (exact) mass is 308 g/mol. The third kappa shape index (κ3) is 3.46. The Balaban J connectivity index is 2.19. The molecule has 0 saturated heterocycles. The Hall–Kier alpha value is -1.20. The van der Waals surface area contributed by atoms with Crippen molar-refractivity contribution in [1.29, 1.82) is 0 Å². The van der Waals surface area contributed by atoms with E-state index in [4.69, 9.17) is 0 Å². The Morgan fingerprint density at radius 2 is 2.20 bits per heavy atom. The number of amides is 1. The Kier molecular flexibility index (Phi) is 4.60. The van der Waals surface area contributed by atoms with Crippen LogP contribution in [0.5, 0.6) is 0 Å². The van der Waals surface area contributed by atoms with Crippen LogP contribution in [0.25, 0.3) is 9.88 Å². The summed E-state index contributed by atoms with van der Waals surface area (Å²) in [6, 6.07) is 4.03. The second-order valence-corrected chi connectivity index (χ2v) is 7.45. The molecule has 0 unspecified atom stereocenters. The molecule has 1 amide bonds. The molecule has 0 fully saturated rings. The highest BCUT2D eigenvalue weighted by Crippen LogP contribution is 2.31. The second-order valence-electron chi connectivity index (χ2n) is 5.50. The summed E-state index contributed by atoms with van der Waals surface area (Å²) in [6.07, 6.45) is 2.02. The first kappa shape index (κ1) is 15.2. The number of nitrogens with one attached hydrogen (secondary N) is 1. The number of thiazole rings is 1. The summed E-state index contributed by atoms with van der Waals surface area (Å²) < 4.78 is 0. The number of thiophene rings is 1. The van der Waals surface area contributed by atoms with Gasteiger partial charge in [-0.25, -0.2) is 4.98 Å². The molecule has 1 N–H and O–H groups in total. The topological polar surface area (TPSA) is 42.0 Å². The smallest absolute Gasteiger partial charge is 0.263 e. The van der Waals surface area contributed by atoms with Crippen LogP contribution in [0.3, 0.4) is 0 Å². The van der Waals surface area contributed by atoms with Crippen molar-refractivity contribution in [2.75, 3.05) is 0 Å². The first-order valence-electron chi connectivity index (χ1n) is 6.77. The number of hydrogen-bond donors (Lipinski definition) is 1. The molecule has 20 heavy (non-hydrogen) atoms. The summed E-state index contributed by atoms with van der Waals surface area (Å²) in [6.45, 7) is 8.14. The Bertz CT molecular complexity index is 585. The molecule has 2 heterocycles. The summed E-state index contributed by atoms with van der Waals surface area (Å²) in [4.78, 5) is 18.8. The zero-order valence-electron chi connectivity index (χ0n) is 12.3. The maximum atomic E-state index is 12.4. The number of carbonyl (C=O) groups is 1. The van der Waals surface area contributed by atoms with Gasteiger partial charge in [0.15, 0.2) is 0 Å². The molecule has 0 radical (unpaired) electrons. The predicted molar refractivity (Wildman–Crippen MR) is 86.6 cm³/mol. The largest absolute Gasteiger partial charge is 0.346 e. The summed E-state index contributed by atoms with van der Waals surface area (Å²) in [5, 5.41) is 6.06. The minimum atomic E-state index is -0.175. The van der Waals surface area contributed by atoms with Gasteiger partial charge in [0.1, 0.15) is 9.88 Å². The van der Waals surface area contributed by atoms with Gasteiger partial charge in [-0.2, -0.15) is 0 Å². The molecular weight excluding hydrogens is 288 g/mol. The molecular formula is C15H20N2OS2. The van der Waals surface area contributed by atoms with Crippen LogP contribution in [0.1, 0.15) is 49.0 Å². The van der Waals surface area contributed by atoms with E-state index < -0.39 is 0 Å². The quantitative estimate of drug-likeness (QED) is 0.884. The molecule has 2 aromatic rings. The van der Waals surface area contributed by atoms with Crippen LogP contribution in [-0.2, 0) is 0 Å². The van der Waals surface area contributed by atoms with Crippen molar-refractivity contribution in [2.24, 2.45) is 0 Å². The molecule has 0 atom stereocenters. The van der Waals surface area contributed by atoms with E-state index in [1.165, 1.54) is 11.3 Å². The van der Waals surface area contributed by atoms with Gasteiger partial charge in [0.05, 0.1) is 10.6 Å². The summed E-state index contributed by atoms with van der Waals surface area (Å²) in [5.41, 5.74) is 0.633. The molecule has 3 nitrogen and oxygen atoms in total. The zero-order valence-corrected chi connectivity index (χ0v) is 14.0. The molecule has 0 aliphatic carbocycles. The van der Waals surface area contributed by atoms with E-state index in [0.29, 0.717) is 0 Å². The lowest BCUT2D eigenvalue weighted by molar-refractivity contribution is 0.0912. The maximum absolute atomic E-state index is 12.4. The van der Waals surface area contributed by atoms with Gasteiger partial charge in [0.2, 0.25) is 0 Å². The van der Waals surface area contributed by atoms with Crippen molar-refractivity contribution in [3.63, 3.8) is 0 Å². The SMILES string of the molecule is CCCC(C)(C)NC(=O)c1sc(-c2cccs2)nc1C. The fourth-order valence-corrected chi connectivity index (χ4v) is 3.92. The van der Waals surface area contributed by atoms with Gasteiger partial charge in [-0.05, 0) is 38.6 Å². The number of aryl methyl sites for hydroxylation is 1. The van der Waals surface area contributed by atoms with Gasteiger partial charge < -0.3 is 5.32 Å². The van der Waals surface area contributed by atoms with Crippen LogP contribution in [-0.4, -0.2) is 16.4 Å². The predicted octanol–water partition coefficient (Wildman–Crippen LogP) is 4.49. The van der Waals surface area contributed by atoms with E-state index in [0.717, 1.165) is 33.3 Å². The van der Waals surface area contributed by atoms with Crippen LogP contribution in [0.2, 0.25) is 0 Å². The Morgan fingerprint density at radius 3 is 2.80 bits per heavy atom. The first-order valence-corrected chi connectivity index (χ1v) is 8.46. The van der Waals surface area contributed by atoms with Crippen molar-refractivity contribution in [3.05, 3.63) is 28.1 Å². The molecule has 108 valence electrons. The summed E-state index contributed by atoms with van der Waals surface area (Å²) in [7, 11) is 0. The maximum Gasteiger partial charge on any atom is 0.263 e. The number of carbonyl (C=O) groups excluding carboxylic acids is 1. The molecule has 0 saturated carbocycles.